The van der Waals surface area contributed by atoms with Crippen LogP contribution < -0.4 is 9.47 Å². The Balaban J connectivity index is 1.18. The summed E-state index contributed by atoms with van der Waals surface area (Å²) in [6, 6.07) is 22.6. The van der Waals surface area contributed by atoms with Gasteiger partial charge in [0.05, 0.1) is 19.5 Å². The Hall–Kier alpha value is -4.13. The molecule has 7 nitrogen and oxygen atoms in total. The van der Waals surface area contributed by atoms with Crippen LogP contribution in [0.5, 0.6) is 11.5 Å². The maximum absolute atomic E-state index is 6.19. The third kappa shape index (κ3) is 5.50. The van der Waals surface area contributed by atoms with Gasteiger partial charge in [-0.2, -0.15) is 5.21 Å². The van der Waals surface area contributed by atoms with Crippen molar-refractivity contribution in [3.8, 4) is 22.6 Å². The summed E-state index contributed by atoms with van der Waals surface area (Å²) in [5, 5.41) is 15.6. The second-order valence-electron chi connectivity index (χ2n) is 9.03. The number of furan rings is 1. The molecule has 0 bridgehead atoms. The highest BCUT2D eigenvalue weighted by Crippen LogP contribution is 2.37. The van der Waals surface area contributed by atoms with Gasteiger partial charge in [-0.3, -0.25) is 0 Å². The Morgan fingerprint density at radius 2 is 1.73 bits per heavy atom. The maximum atomic E-state index is 6.19. The van der Waals surface area contributed by atoms with Crippen LogP contribution in [0.15, 0.2) is 77.4 Å². The molecule has 1 unspecified atom stereocenters. The molecular formula is C30H32N4O3. The summed E-state index contributed by atoms with van der Waals surface area (Å²) in [5.74, 6) is 2.55. The summed E-state index contributed by atoms with van der Waals surface area (Å²) >= 11 is 0. The van der Waals surface area contributed by atoms with Crippen LogP contribution >= 0.6 is 0 Å². The van der Waals surface area contributed by atoms with Gasteiger partial charge in [-0.15, -0.1) is 10.2 Å². The summed E-state index contributed by atoms with van der Waals surface area (Å²) in [6.45, 7) is 5.44. The van der Waals surface area contributed by atoms with Crippen molar-refractivity contribution in [2.24, 2.45) is 0 Å². The molecule has 5 rings (SSSR count). The average molecular weight is 497 g/mol. The van der Waals surface area contributed by atoms with E-state index >= 15 is 0 Å². The van der Waals surface area contributed by atoms with Crippen LogP contribution in [0.2, 0.25) is 0 Å². The van der Waals surface area contributed by atoms with Crippen LogP contribution in [0.25, 0.3) is 22.1 Å². The van der Waals surface area contributed by atoms with Crippen LogP contribution in [0.4, 0.5) is 0 Å². The summed E-state index contributed by atoms with van der Waals surface area (Å²) in [4.78, 5) is 0. The highest BCUT2D eigenvalue weighted by Gasteiger charge is 2.17. The van der Waals surface area contributed by atoms with Crippen LogP contribution in [-0.2, 0) is 6.42 Å². The average Bonchev–Trinajstić information content (AvgIpc) is 3.62. The third-order valence-electron chi connectivity index (χ3n) is 6.57. The fraction of sp³-hybridized carbons (Fsp3) is 0.300. The number of fused-ring (bicyclic) bond motifs is 1. The number of rotatable bonds is 12. The van der Waals surface area contributed by atoms with Crippen molar-refractivity contribution in [3.05, 3.63) is 89.9 Å². The van der Waals surface area contributed by atoms with Gasteiger partial charge in [-0.25, -0.2) is 0 Å². The van der Waals surface area contributed by atoms with Gasteiger partial charge in [0, 0.05) is 28.9 Å². The summed E-state index contributed by atoms with van der Waals surface area (Å²) < 4.78 is 18.2. The largest absolute Gasteiger partial charge is 0.493 e. The van der Waals surface area contributed by atoms with Crippen molar-refractivity contribution in [2.45, 2.75) is 45.4 Å². The Kier molecular flexibility index (Phi) is 7.79. The minimum absolute atomic E-state index is 0.119. The molecule has 0 spiro atoms. The number of tetrazole rings is 1. The number of benzene rings is 3. The molecule has 7 heteroatoms. The van der Waals surface area contributed by atoms with Crippen LogP contribution in [-0.4, -0.2) is 33.8 Å². The first kappa shape index (κ1) is 24.6. The molecule has 190 valence electrons. The second-order valence-corrected chi connectivity index (χ2v) is 9.03. The predicted octanol–water partition coefficient (Wildman–Crippen LogP) is 6.96. The molecule has 0 amide bonds. The molecule has 0 saturated heterocycles. The minimum atomic E-state index is 0.119. The molecule has 0 aliphatic heterocycles. The Morgan fingerprint density at radius 1 is 0.919 bits per heavy atom. The molecular weight excluding hydrogens is 464 g/mol. The number of aryl methyl sites for hydroxylation is 1. The van der Waals surface area contributed by atoms with Gasteiger partial charge in [0.15, 0.2) is 5.82 Å². The zero-order valence-electron chi connectivity index (χ0n) is 21.3. The van der Waals surface area contributed by atoms with E-state index in [9.17, 15) is 0 Å². The second kappa shape index (κ2) is 11.7. The summed E-state index contributed by atoms with van der Waals surface area (Å²) in [6.07, 6.45) is 5.45. The van der Waals surface area contributed by atoms with Crippen molar-refractivity contribution < 1.29 is 13.9 Å². The van der Waals surface area contributed by atoms with E-state index < -0.39 is 0 Å². The lowest BCUT2D eigenvalue weighted by molar-refractivity contribution is 0.246. The van der Waals surface area contributed by atoms with Gasteiger partial charge in [0.2, 0.25) is 0 Å². The topological polar surface area (TPSA) is 86.1 Å². The Labute approximate surface area is 216 Å². The fourth-order valence-corrected chi connectivity index (χ4v) is 4.71. The molecule has 5 aromatic rings. The monoisotopic (exact) mass is 496 g/mol. The van der Waals surface area contributed by atoms with E-state index in [0.717, 1.165) is 70.4 Å². The number of ether oxygens (including phenoxy) is 2. The van der Waals surface area contributed by atoms with E-state index in [1.165, 1.54) is 0 Å². The van der Waals surface area contributed by atoms with Crippen LogP contribution in [0, 0.1) is 0 Å². The van der Waals surface area contributed by atoms with Gasteiger partial charge in [0.25, 0.3) is 0 Å². The molecule has 37 heavy (non-hydrogen) atoms. The molecule has 0 saturated carbocycles. The third-order valence-corrected chi connectivity index (χ3v) is 6.57. The molecule has 1 N–H and O–H groups in total. The number of aromatic amines is 1. The normalized spacial score (nSPS) is 12.1. The lowest BCUT2D eigenvalue weighted by Crippen LogP contribution is -2.07. The first-order valence-electron chi connectivity index (χ1n) is 13.0. The summed E-state index contributed by atoms with van der Waals surface area (Å²) in [5.41, 5.74) is 5.46. The van der Waals surface area contributed by atoms with Gasteiger partial charge < -0.3 is 13.9 Å². The maximum Gasteiger partial charge on any atom is 0.181 e. The Morgan fingerprint density at radius 3 is 2.46 bits per heavy atom. The van der Waals surface area contributed by atoms with Crippen LogP contribution in [0.1, 0.15) is 56.0 Å². The van der Waals surface area contributed by atoms with Gasteiger partial charge in [-0.1, -0.05) is 67.9 Å². The molecule has 3 aromatic carbocycles. The Bertz CT molecular complexity index is 1400. The van der Waals surface area contributed by atoms with Gasteiger partial charge >= 0.3 is 0 Å². The van der Waals surface area contributed by atoms with E-state index in [-0.39, 0.29) is 5.92 Å². The minimum Gasteiger partial charge on any atom is -0.493 e. The van der Waals surface area contributed by atoms with Crippen molar-refractivity contribution in [1.29, 1.82) is 0 Å². The first-order chi connectivity index (χ1) is 18.3. The lowest BCUT2D eigenvalue weighted by Gasteiger charge is -2.13. The lowest BCUT2D eigenvalue weighted by atomic mass is 9.96. The molecule has 1 atom stereocenters. The smallest absolute Gasteiger partial charge is 0.181 e. The highest BCUT2D eigenvalue weighted by atomic mass is 16.5. The van der Waals surface area contributed by atoms with E-state index in [4.69, 9.17) is 13.9 Å². The molecule has 2 aromatic heterocycles. The fourth-order valence-electron chi connectivity index (χ4n) is 4.71. The van der Waals surface area contributed by atoms with E-state index in [2.05, 4.69) is 70.9 Å². The number of aromatic nitrogens is 4. The predicted molar refractivity (Wildman–Crippen MR) is 144 cm³/mol. The van der Waals surface area contributed by atoms with E-state index in [1.807, 2.05) is 36.6 Å². The molecule has 0 radical (unpaired) electrons. The molecule has 0 fully saturated rings. The molecule has 2 heterocycles. The summed E-state index contributed by atoms with van der Waals surface area (Å²) in [7, 11) is 0. The zero-order chi connectivity index (χ0) is 25.5. The van der Waals surface area contributed by atoms with Crippen molar-refractivity contribution in [2.75, 3.05) is 13.2 Å². The van der Waals surface area contributed by atoms with E-state index in [0.29, 0.717) is 19.0 Å². The first-order valence-corrected chi connectivity index (χ1v) is 13.0. The number of hydrogen-bond donors (Lipinski definition) is 1. The zero-order valence-corrected chi connectivity index (χ0v) is 21.3. The van der Waals surface area contributed by atoms with Crippen LogP contribution in [0.3, 0.4) is 0 Å². The standard InChI is InChI=1S/C30H32N4O3/c1-3-9-26-28(17-16-25-27(20-37-29(25)26)21-10-6-5-7-11-21)36-19-8-18-35-23-14-12-22(13-15-23)24(4-2)30-31-33-34-32-30/h5-7,10-17,20,24H,3-4,8-9,18-19H2,1-2H3,(H,31,32,33,34). The van der Waals surface area contributed by atoms with Crippen molar-refractivity contribution in [1.82, 2.24) is 20.6 Å². The number of nitrogens with one attached hydrogen (secondary N) is 1. The number of H-pyrrole nitrogens is 1. The quantitative estimate of drug-likeness (QED) is 0.188. The number of nitrogens with zero attached hydrogens (tertiary/aromatic N) is 3. The van der Waals surface area contributed by atoms with Gasteiger partial charge in [0.1, 0.15) is 17.1 Å². The highest BCUT2D eigenvalue weighted by molar-refractivity contribution is 5.96. The number of hydrogen-bond acceptors (Lipinski definition) is 6. The van der Waals surface area contributed by atoms with Gasteiger partial charge in [-0.05, 0) is 48.2 Å². The van der Waals surface area contributed by atoms with Crippen molar-refractivity contribution >= 4 is 11.0 Å². The van der Waals surface area contributed by atoms with E-state index in [1.54, 1.807) is 0 Å². The molecule has 0 aliphatic carbocycles. The molecule has 0 aliphatic rings. The van der Waals surface area contributed by atoms with Crippen molar-refractivity contribution in [3.63, 3.8) is 0 Å². The SMILES string of the molecule is CCCc1c(OCCCOc2ccc(C(CC)c3nn[nH]n3)cc2)ccc2c(-c3ccccc3)coc12.